The second-order valence-corrected chi connectivity index (χ2v) is 7.87. The molecule has 2 aliphatic carbocycles. The Balaban J connectivity index is 1.70. The molecular weight excluding hydrogens is 354 g/mol. The van der Waals surface area contributed by atoms with Crippen LogP contribution in [-0.2, 0) is 0 Å². The molecule has 2 aromatic heterocycles. The number of aryl methyl sites for hydroxylation is 1. The Morgan fingerprint density at radius 3 is 2.70 bits per heavy atom. The Bertz CT molecular complexity index is 1120. The molecule has 0 spiro atoms. The normalized spacial score (nSPS) is 27.3. The Morgan fingerprint density at radius 2 is 2.04 bits per heavy atom. The van der Waals surface area contributed by atoms with E-state index < -0.39 is 29.3 Å². The molecule has 142 valence electrons. The zero-order chi connectivity index (χ0) is 19.0. The van der Waals surface area contributed by atoms with Gasteiger partial charge in [0.25, 0.3) is 5.56 Å². The molecule has 2 aromatic rings. The van der Waals surface area contributed by atoms with Gasteiger partial charge in [0.1, 0.15) is 6.17 Å². The highest BCUT2D eigenvalue weighted by Gasteiger charge is 2.42. The van der Waals surface area contributed by atoms with E-state index in [4.69, 9.17) is 5.73 Å². The van der Waals surface area contributed by atoms with Crippen LogP contribution in [0.15, 0.2) is 27.4 Å². The first-order valence-electron chi connectivity index (χ1n) is 9.19. The van der Waals surface area contributed by atoms with Gasteiger partial charge in [-0.1, -0.05) is 0 Å². The van der Waals surface area contributed by atoms with Gasteiger partial charge in [0.15, 0.2) is 5.82 Å². The molecule has 5 rings (SSSR count). The molecule has 1 saturated heterocycles. The quantitative estimate of drug-likeness (QED) is 0.778. The maximum Gasteiger partial charge on any atom is 0.333 e. The fourth-order valence-electron chi connectivity index (χ4n) is 4.68. The molecule has 6 nitrogen and oxygen atoms in total. The molecule has 3 N–H and O–H groups in total. The predicted octanol–water partition coefficient (Wildman–Crippen LogP) is 1.35. The van der Waals surface area contributed by atoms with E-state index >= 15 is 0 Å². The maximum absolute atomic E-state index is 15.0. The SMILES string of the molecule is Cc1c(N2CC3=CC(F)C(N)C3C2)c(F)cn2c(=O)[nH]c(=O)c(C3CC3)c12. The van der Waals surface area contributed by atoms with Gasteiger partial charge in [0.05, 0.1) is 17.4 Å². The predicted molar refractivity (Wildman–Crippen MR) is 97.6 cm³/mol. The lowest BCUT2D eigenvalue weighted by atomic mass is 10.0. The van der Waals surface area contributed by atoms with Crippen LogP contribution in [-0.4, -0.2) is 34.7 Å². The molecule has 3 aliphatic rings. The summed E-state index contributed by atoms with van der Waals surface area (Å²) in [5.74, 6) is -0.580. The second kappa shape index (κ2) is 5.51. The van der Waals surface area contributed by atoms with Gasteiger partial charge in [-0.15, -0.1) is 0 Å². The minimum atomic E-state index is -1.16. The van der Waals surface area contributed by atoms with Crippen LogP contribution in [0.25, 0.3) is 5.52 Å². The number of fused-ring (bicyclic) bond motifs is 2. The Morgan fingerprint density at radius 1 is 1.30 bits per heavy atom. The number of nitrogens with two attached hydrogens (primary N) is 1. The van der Waals surface area contributed by atoms with Gasteiger partial charge in [0, 0.05) is 36.2 Å². The van der Waals surface area contributed by atoms with Gasteiger partial charge in [0.2, 0.25) is 0 Å². The van der Waals surface area contributed by atoms with Crippen molar-refractivity contribution in [3.05, 3.63) is 55.6 Å². The molecule has 3 atom stereocenters. The summed E-state index contributed by atoms with van der Waals surface area (Å²) in [6.07, 6.45) is 3.29. The van der Waals surface area contributed by atoms with E-state index in [2.05, 4.69) is 4.98 Å². The van der Waals surface area contributed by atoms with Crippen molar-refractivity contribution < 1.29 is 8.78 Å². The summed E-state index contributed by atoms with van der Waals surface area (Å²) < 4.78 is 30.0. The van der Waals surface area contributed by atoms with Crippen LogP contribution in [0.4, 0.5) is 14.5 Å². The Labute approximate surface area is 153 Å². The van der Waals surface area contributed by atoms with Crippen LogP contribution < -0.4 is 21.9 Å². The van der Waals surface area contributed by atoms with Crippen molar-refractivity contribution in [2.45, 2.75) is 37.9 Å². The molecular formula is C19H20F2N4O2. The summed E-state index contributed by atoms with van der Waals surface area (Å²) in [6, 6.07) is -0.610. The second-order valence-electron chi connectivity index (χ2n) is 7.87. The summed E-state index contributed by atoms with van der Waals surface area (Å²) in [7, 11) is 0. The van der Waals surface area contributed by atoms with Gasteiger partial charge in [-0.25, -0.2) is 13.6 Å². The number of rotatable bonds is 2. The summed E-state index contributed by atoms with van der Waals surface area (Å²) in [4.78, 5) is 28.8. The average molecular weight is 374 g/mol. The lowest BCUT2D eigenvalue weighted by Crippen LogP contribution is -2.37. The van der Waals surface area contributed by atoms with E-state index in [1.807, 2.05) is 4.90 Å². The molecule has 3 heterocycles. The third-order valence-electron chi connectivity index (χ3n) is 6.13. The van der Waals surface area contributed by atoms with E-state index in [9.17, 15) is 18.4 Å². The number of alkyl halides is 1. The first-order valence-corrected chi connectivity index (χ1v) is 9.19. The van der Waals surface area contributed by atoms with Crippen LogP contribution in [0, 0.1) is 18.7 Å². The highest BCUT2D eigenvalue weighted by molar-refractivity contribution is 5.73. The number of H-pyrrole nitrogens is 1. The Hall–Kier alpha value is -2.48. The zero-order valence-corrected chi connectivity index (χ0v) is 14.8. The topological polar surface area (TPSA) is 83.6 Å². The number of nitrogens with zero attached hydrogens (tertiary/aromatic N) is 2. The number of pyridine rings is 1. The number of hydrogen-bond donors (Lipinski definition) is 2. The lowest BCUT2D eigenvalue weighted by molar-refractivity contribution is 0.323. The molecule has 0 amide bonds. The molecule has 3 unspecified atom stereocenters. The molecule has 1 aliphatic heterocycles. The van der Waals surface area contributed by atoms with Crippen LogP contribution in [0.1, 0.15) is 29.9 Å². The monoisotopic (exact) mass is 374 g/mol. The minimum Gasteiger partial charge on any atom is -0.364 e. The minimum absolute atomic E-state index is 0.0998. The van der Waals surface area contributed by atoms with Crippen molar-refractivity contribution >= 4 is 11.2 Å². The Kier molecular flexibility index (Phi) is 3.40. The molecule has 8 heteroatoms. The first kappa shape index (κ1) is 16.7. The van der Waals surface area contributed by atoms with E-state index in [1.165, 1.54) is 10.5 Å². The van der Waals surface area contributed by atoms with Gasteiger partial charge in [-0.05, 0) is 37.3 Å². The van der Waals surface area contributed by atoms with Crippen LogP contribution in [0.5, 0.6) is 0 Å². The van der Waals surface area contributed by atoms with Crippen LogP contribution in [0.3, 0.4) is 0 Å². The van der Waals surface area contributed by atoms with Gasteiger partial charge in [-0.2, -0.15) is 0 Å². The fourth-order valence-corrected chi connectivity index (χ4v) is 4.68. The molecule has 0 radical (unpaired) electrons. The maximum atomic E-state index is 15.0. The van der Waals surface area contributed by atoms with Crippen LogP contribution >= 0.6 is 0 Å². The summed E-state index contributed by atoms with van der Waals surface area (Å²) >= 11 is 0. The fraction of sp³-hybridized carbons (Fsp3) is 0.474. The zero-order valence-electron chi connectivity index (χ0n) is 14.8. The van der Waals surface area contributed by atoms with Gasteiger partial charge >= 0.3 is 5.69 Å². The third kappa shape index (κ3) is 2.32. The smallest absolute Gasteiger partial charge is 0.333 e. The number of nitrogens with one attached hydrogen (secondary N) is 1. The average Bonchev–Trinajstić information content (AvgIpc) is 3.30. The van der Waals surface area contributed by atoms with Crippen molar-refractivity contribution in [3.8, 4) is 0 Å². The summed E-state index contributed by atoms with van der Waals surface area (Å²) in [6.45, 7) is 2.56. The summed E-state index contributed by atoms with van der Waals surface area (Å²) in [5, 5.41) is 0. The summed E-state index contributed by atoms with van der Waals surface area (Å²) in [5.41, 5.74) is 7.75. The third-order valence-corrected chi connectivity index (χ3v) is 6.13. The number of aromatic amines is 1. The molecule has 0 bridgehead atoms. The molecule has 27 heavy (non-hydrogen) atoms. The van der Waals surface area contributed by atoms with E-state index in [-0.39, 0.29) is 11.8 Å². The highest BCUT2D eigenvalue weighted by atomic mass is 19.1. The molecule has 2 fully saturated rings. The molecule has 1 saturated carbocycles. The van der Waals surface area contributed by atoms with E-state index in [0.717, 1.165) is 24.6 Å². The number of anilines is 1. The molecule has 0 aromatic carbocycles. The lowest BCUT2D eigenvalue weighted by Gasteiger charge is -2.24. The van der Waals surface area contributed by atoms with Crippen molar-refractivity contribution in [1.29, 1.82) is 0 Å². The number of halogens is 2. The standard InChI is InChI=1S/C19H20F2N4O2/c1-8-16(24-5-10-4-12(20)15(22)11(10)6-24)13(21)7-25-17(8)14(9-2-3-9)18(26)23-19(25)27/h4,7,9,11-12,15H,2-3,5-6,22H2,1H3,(H,23,26,27). The van der Waals surface area contributed by atoms with Gasteiger partial charge < -0.3 is 10.6 Å². The number of hydrogen-bond acceptors (Lipinski definition) is 4. The van der Waals surface area contributed by atoms with Crippen molar-refractivity contribution in [1.82, 2.24) is 9.38 Å². The van der Waals surface area contributed by atoms with E-state index in [0.29, 0.717) is 35.4 Å². The number of aromatic nitrogens is 2. The highest BCUT2D eigenvalue weighted by Crippen LogP contribution is 2.43. The van der Waals surface area contributed by atoms with Gasteiger partial charge in [-0.3, -0.25) is 14.2 Å². The van der Waals surface area contributed by atoms with E-state index in [1.54, 1.807) is 6.92 Å². The largest absolute Gasteiger partial charge is 0.364 e. The van der Waals surface area contributed by atoms with Crippen molar-refractivity contribution in [3.63, 3.8) is 0 Å². The first-order chi connectivity index (χ1) is 12.9. The van der Waals surface area contributed by atoms with Crippen molar-refractivity contribution in [2.75, 3.05) is 18.0 Å². The van der Waals surface area contributed by atoms with Crippen molar-refractivity contribution in [2.24, 2.45) is 11.7 Å². The van der Waals surface area contributed by atoms with Crippen LogP contribution in [0.2, 0.25) is 0 Å².